The van der Waals surface area contributed by atoms with Gasteiger partial charge in [-0.15, -0.1) is 0 Å². The average molecular weight is 349 g/mol. The number of hydrogen-bond acceptors (Lipinski definition) is 2. The summed E-state index contributed by atoms with van der Waals surface area (Å²) in [5.74, 6) is -0.729. The molecule has 0 bridgehead atoms. The molecule has 0 aliphatic rings. The molecule has 0 aliphatic heterocycles. The Morgan fingerprint density at radius 2 is 1.86 bits per heavy atom. The van der Waals surface area contributed by atoms with Crippen LogP contribution in [0.4, 0.5) is 19.0 Å². The second-order valence-electron chi connectivity index (χ2n) is 4.47. The van der Waals surface area contributed by atoms with Crippen LogP contribution in [0.3, 0.4) is 0 Å². The number of hydrogen-bond donors (Lipinski definition) is 1. The van der Waals surface area contributed by atoms with Gasteiger partial charge in [0.15, 0.2) is 5.82 Å². The summed E-state index contributed by atoms with van der Waals surface area (Å²) >= 11 is 11.6. The van der Waals surface area contributed by atoms with Gasteiger partial charge >= 0.3 is 6.18 Å². The number of amides is 1. The van der Waals surface area contributed by atoms with Crippen molar-refractivity contribution in [3.05, 3.63) is 57.2 Å². The van der Waals surface area contributed by atoms with E-state index in [1.807, 2.05) is 0 Å². The van der Waals surface area contributed by atoms with Crippen LogP contribution in [0.5, 0.6) is 0 Å². The topological polar surface area (TPSA) is 42.0 Å². The lowest BCUT2D eigenvalue weighted by molar-refractivity contribution is -0.137. The Hall–Kier alpha value is -1.79. The smallest absolute Gasteiger partial charge is 0.305 e. The first-order chi connectivity index (χ1) is 10.2. The maximum atomic E-state index is 12.5. The molecule has 1 amide bonds. The molecule has 0 aliphatic carbocycles. The molecule has 3 nitrogen and oxygen atoms in total. The summed E-state index contributed by atoms with van der Waals surface area (Å²) in [4.78, 5) is 15.6. The van der Waals surface area contributed by atoms with E-state index in [2.05, 4.69) is 10.3 Å². The zero-order valence-electron chi connectivity index (χ0n) is 11.1. The third-order valence-electron chi connectivity index (χ3n) is 2.83. The molecule has 0 unspecified atom stereocenters. The summed E-state index contributed by atoms with van der Waals surface area (Å²) < 4.78 is 37.5. The van der Waals surface area contributed by atoms with Gasteiger partial charge in [-0.05, 0) is 30.7 Å². The van der Waals surface area contributed by atoms with Crippen LogP contribution in [0.1, 0.15) is 21.5 Å². The van der Waals surface area contributed by atoms with Crippen molar-refractivity contribution >= 4 is 34.9 Å². The predicted octanol–water partition coefficient (Wildman–Crippen LogP) is 4.97. The normalized spacial score (nSPS) is 11.4. The monoisotopic (exact) mass is 348 g/mol. The molecule has 1 N–H and O–H groups in total. The quantitative estimate of drug-likeness (QED) is 0.832. The molecule has 1 aromatic heterocycles. The molecule has 0 atom stereocenters. The zero-order chi connectivity index (χ0) is 16.5. The van der Waals surface area contributed by atoms with Gasteiger partial charge in [0.2, 0.25) is 0 Å². The van der Waals surface area contributed by atoms with E-state index in [1.54, 1.807) is 13.0 Å². The number of nitrogens with one attached hydrogen (secondary N) is 1. The number of carbonyl (C=O) groups is 1. The molecule has 2 rings (SSSR count). The summed E-state index contributed by atoms with van der Waals surface area (Å²) in [6.45, 7) is 1.78. The van der Waals surface area contributed by atoms with Crippen molar-refractivity contribution in [1.29, 1.82) is 0 Å². The fourth-order valence-electron chi connectivity index (χ4n) is 1.60. The Kier molecular flexibility index (Phi) is 4.63. The molecule has 22 heavy (non-hydrogen) atoms. The number of carbonyl (C=O) groups excluding carboxylic acids is 1. The van der Waals surface area contributed by atoms with Gasteiger partial charge < -0.3 is 5.32 Å². The molecule has 2 aromatic rings. The van der Waals surface area contributed by atoms with Crippen molar-refractivity contribution in [2.24, 2.45) is 0 Å². The van der Waals surface area contributed by atoms with Crippen LogP contribution in [0, 0.1) is 6.92 Å². The van der Waals surface area contributed by atoms with E-state index in [4.69, 9.17) is 23.2 Å². The average Bonchev–Trinajstić information content (AvgIpc) is 2.42. The van der Waals surface area contributed by atoms with Gasteiger partial charge in [-0.2, -0.15) is 13.2 Å². The molecule has 1 aromatic carbocycles. The highest BCUT2D eigenvalue weighted by molar-refractivity contribution is 6.34. The fourth-order valence-corrected chi connectivity index (χ4v) is 1.99. The molecular formula is C14H9Cl2F3N2O. The number of anilines is 1. The predicted molar refractivity (Wildman–Crippen MR) is 78.4 cm³/mol. The number of aromatic nitrogens is 1. The number of benzene rings is 1. The van der Waals surface area contributed by atoms with Crippen LogP contribution in [0.2, 0.25) is 10.0 Å². The molecule has 0 saturated carbocycles. The third-order valence-corrected chi connectivity index (χ3v) is 3.53. The Labute approximate surface area is 134 Å². The summed E-state index contributed by atoms with van der Waals surface area (Å²) in [6.07, 6.45) is -3.95. The highest BCUT2D eigenvalue weighted by Gasteiger charge is 2.31. The van der Waals surface area contributed by atoms with Gasteiger partial charge in [-0.1, -0.05) is 29.3 Å². The van der Waals surface area contributed by atoms with E-state index < -0.39 is 17.6 Å². The summed E-state index contributed by atoms with van der Waals surface area (Å²) in [7, 11) is 0. The van der Waals surface area contributed by atoms with E-state index in [-0.39, 0.29) is 16.4 Å². The minimum Gasteiger partial charge on any atom is -0.305 e. The van der Waals surface area contributed by atoms with Crippen molar-refractivity contribution in [3.8, 4) is 0 Å². The number of alkyl halides is 3. The van der Waals surface area contributed by atoms with Crippen LogP contribution >= 0.6 is 23.2 Å². The first kappa shape index (κ1) is 16.6. The van der Waals surface area contributed by atoms with Crippen LogP contribution in [-0.4, -0.2) is 10.9 Å². The molecule has 0 spiro atoms. The fraction of sp³-hybridized carbons (Fsp3) is 0.143. The second-order valence-corrected chi connectivity index (χ2v) is 5.28. The Bertz CT molecular complexity index is 733. The molecule has 116 valence electrons. The molecular weight excluding hydrogens is 340 g/mol. The van der Waals surface area contributed by atoms with Gasteiger partial charge in [-0.25, -0.2) is 4.98 Å². The van der Waals surface area contributed by atoms with Crippen molar-refractivity contribution in [1.82, 2.24) is 4.98 Å². The highest BCUT2D eigenvalue weighted by Crippen LogP contribution is 2.32. The standard InChI is InChI=1S/C14H9Cl2F3N2O/c1-7-2-3-8(4-10(7)15)13(22)21-12-11(16)5-9(6-20-12)14(17,18)19/h2-6H,1H3,(H,20,21,22). The number of nitrogens with zero attached hydrogens (tertiary/aromatic N) is 1. The number of pyridine rings is 1. The minimum absolute atomic E-state index is 0.156. The van der Waals surface area contributed by atoms with Crippen molar-refractivity contribution in [2.45, 2.75) is 13.1 Å². The Morgan fingerprint density at radius 1 is 1.18 bits per heavy atom. The summed E-state index contributed by atoms with van der Waals surface area (Å²) in [5, 5.41) is 2.44. The Morgan fingerprint density at radius 3 is 2.41 bits per heavy atom. The van der Waals surface area contributed by atoms with Gasteiger partial charge in [0.05, 0.1) is 10.6 Å². The molecule has 1 heterocycles. The van der Waals surface area contributed by atoms with Crippen LogP contribution in [0.15, 0.2) is 30.5 Å². The molecule has 0 fully saturated rings. The lowest BCUT2D eigenvalue weighted by atomic mass is 10.1. The number of aryl methyl sites for hydroxylation is 1. The highest BCUT2D eigenvalue weighted by atomic mass is 35.5. The van der Waals surface area contributed by atoms with Crippen LogP contribution in [0.25, 0.3) is 0 Å². The van der Waals surface area contributed by atoms with Crippen molar-refractivity contribution in [2.75, 3.05) is 5.32 Å². The Balaban J connectivity index is 2.23. The minimum atomic E-state index is -4.55. The summed E-state index contributed by atoms with van der Waals surface area (Å²) in [5.41, 5.74) is 0.0474. The van der Waals surface area contributed by atoms with E-state index in [9.17, 15) is 18.0 Å². The van der Waals surface area contributed by atoms with Gasteiger partial charge in [0, 0.05) is 16.8 Å². The zero-order valence-corrected chi connectivity index (χ0v) is 12.6. The third kappa shape index (κ3) is 3.69. The maximum Gasteiger partial charge on any atom is 0.417 e. The summed E-state index contributed by atoms with van der Waals surface area (Å²) in [6, 6.07) is 5.34. The van der Waals surface area contributed by atoms with Crippen LogP contribution < -0.4 is 5.32 Å². The van der Waals surface area contributed by atoms with E-state index >= 15 is 0 Å². The second kappa shape index (κ2) is 6.14. The van der Waals surface area contributed by atoms with Gasteiger partial charge in [0.25, 0.3) is 5.91 Å². The number of rotatable bonds is 2. The van der Waals surface area contributed by atoms with Gasteiger partial charge in [-0.3, -0.25) is 4.79 Å². The van der Waals surface area contributed by atoms with Gasteiger partial charge in [0.1, 0.15) is 0 Å². The van der Waals surface area contributed by atoms with Crippen molar-refractivity contribution in [3.63, 3.8) is 0 Å². The van der Waals surface area contributed by atoms with E-state index in [0.717, 1.165) is 5.56 Å². The maximum absolute atomic E-state index is 12.5. The number of halogens is 5. The van der Waals surface area contributed by atoms with E-state index in [0.29, 0.717) is 17.3 Å². The lowest BCUT2D eigenvalue weighted by Crippen LogP contribution is -2.14. The molecule has 0 saturated heterocycles. The largest absolute Gasteiger partial charge is 0.417 e. The van der Waals surface area contributed by atoms with Crippen molar-refractivity contribution < 1.29 is 18.0 Å². The first-order valence-electron chi connectivity index (χ1n) is 5.98. The van der Waals surface area contributed by atoms with E-state index in [1.165, 1.54) is 12.1 Å². The SMILES string of the molecule is Cc1ccc(C(=O)Nc2ncc(C(F)(F)F)cc2Cl)cc1Cl. The molecule has 8 heteroatoms. The van der Waals surface area contributed by atoms with Crippen LogP contribution in [-0.2, 0) is 6.18 Å². The molecule has 0 radical (unpaired) electrons. The lowest BCUT2D eigenvalue weighted by Gasteiger charge is -2.10. The first-order valence-corrected chi connectivity index (χ1v) is 6.74.